The van der Waals surface area contributed by atoms with Gasteiger partial charge in [-0.2, -0.15) is 0 Å². The van der Waals surface area contributed by atoms with Crippen LogP contribution in [0.25, 0.3) is 22.3 Å². The molecule has 0 unspecified atom stereocenters. The zero-order valence-electron chi connectivity index (χ0n) is 41.1. The quantitative estimate of drug-likeness (QED) is 0.148. The molecule has 6 heterocycles. The molecule has 0 N–H and O–H groups in total. The number of nitrogens with zero attached hydrogens (tertiary/aromatic N) is 7. The Kier molecular flexibility index (Phi) is 14.8. The summed E-state index contributed by atoms with van der Waals surface area (Å²) in [6, 6.07) is 28.5. The molecule has 0 radical (unpaired) electrons. The number of benzene rings is 4. The van der Waals surface area contributed by atoms with E-state index in [1.165, 1.54) is 30.7 Å². The molecule has 0 bridgehead atoms. The van der Waals surface area contributed by atoms with Gasteiger partial charge in [0.05, 0.1) is 62.0 Å². The number of carbonyl (C=O) groups is 3. The second kappa shape index (κ2) is 21.3. The highest BCUT2D eigenvalue weighted by Crippen LogP contribution is 2.35. The first-order valence-electron chi connectivity index (χ1n) is 24.8. The van der Waals surface area contributed by atoms with Crippen LogP contribution in [0.15, 0.2) is 122 Å². The highest BCUT2D eigenvalue weighted by molar-refractivity contribution is 5.93. The molecule has 13 nitrogen and oxygen atoms in total. The van der Waals surface area contributed by atoms with Crippen LogP contribution in [0.5, 0.6) is 0 Å². The minimum Gasteiger partial charge on any atom is -0.444 e. The SMILES string of the molecule is C[C@@H](c1ccccc1-c1ccc(F)cc1)n1cncc1C(=O)N1CC[C@@H]2[C@@H](C1)OCCN2C(=O)OC(C)(C)C.C[C@@H](c1ccccc1-c1ccc(F)cc1)n1cncc1C(=O)N1CC[C@H]2CCCO[C@@H]2C1. The Morgan fingerprint density at radius 2 is 1.13 bits per heavy atom. The van der Waals surface area contributed by atoms with Crippen molar-refractivity contribution in [3.8, 4) is 22.3 Å². The Morgan fingerprint density at radius 1 is 0.634 bits per heavy atom. The minimum atomic E-state index is -0.577. The summed E-state index contributed by atoms with van der Waals surface area (Å²) in [6.07, 6.45) is 10.1. The summed E-state index contributed by atoms with van der Waals surface area (Å²) in [6.45, 7) is 13.6. The number of hydrogen-bond donors (Lipinski definition) is 0. The highest BCUT2D eigenvalue weighted by atomic mass is 19.1. The predicted molar refractivity (Wildman–Crippen MR) is 266 cm³/mol. The lowest BCUT2D eigenvalue weighted by atomic mass is 9.87. The average Bonchev–Trinajstić information content (AvgIpc) is 4.09. The monoisotopic (exact) mass is 967 g/mol. The maximum absolute atomic E-state index is 13.8. The van der Waals surface area contributed by atoms with Gasteiger partial charge in [-0.1, -0.05) is 72.8 Å². The van der Waals surface area contributed by atoms with E-state index in [1.807, 2.05) is 84.2 Å². The van der Waals surface area contributed by atoms with E-state index in [0.29, 0.717) is 56.5 Å². The molecule has 2 aromatic heterocycles. The van der Waals surface area contributed by atoms with Gasteiger partial charge in [0.15, 0.2) is 0 Å². The number of aromatic nitrogens is 4. The van der Waals surface area contributed by atoms with E-state index >= 15 is 0 Å². The van der Waals surface area contributed by atoms with Gasteiger partial charge in [-0.05, 0) is 124 Å². The lowest BCUT2D eigenvalue weighted by molar-refractivity contribution is -0.0988. The van der Waals surface area contributed by atoms with Crippen LogP contribution in [-0.2, 0) is 14.2 Å². The fourth-order valence-corrected chi connectivity index (χ4v) is 10.6. The van der Waals surface area contributed by atoms with Crippen molar-refractivity contribution in [2.45, 2.75) is 96.2 Å². The molecule has 6 atom stereocenters. The summed E-state index contributed by atoms with van der Waals surface area (Å²) >= 11 is 0. The van der Waals surface area contributed by atoms with Crippen LogP contribution in [0, 0.1) is 17.6 Å². The summed E-state index contributed by atoms with van der Waals surface area (Å²) < 4.78 is 48.4. The van der Waals surface area contributed by atoms with Crippen LogP contribution in [-0.4, -0.2) is 121 Å². The molecule has 4 aromatic carbocycles. The number of piperidine rings is 2. The average molecular weight is 968 g/mol. The van der Waals surface area contributed by atoms with Crippen molar-refractivity contribution in [1.29, 1.82) is 0 Å². The summed E-state index contributed by atoms with van der Waals surface area (Å²) in [5.74, 6) is -0.102. The van der Waals surface area contributed by atoms with Crippen molar-refractivity contribution in [3.05, 3.63) is 156 Å². The lowest BCUT2D eigenvalue weighted by Gasteiger charge is -2.46. The molecule has 4 fully saturated rings. The molecule has 0 aliphatic carbocycles. The number of carbonyl (C=O) groups excluding carboxylic acids is 3. The Labute approximate surface area is 414 Å². The van der Waals surface area contributed by atoms with Crippen LogP contribution in [0.4, 0.5) is 13.6 Å². The number of morpholine rings is 1. The van der Waals surface area contributed by atoms with Gasteiger partial charge in [-0.15, -0.1) is 0 Å². The molecule has 4 aliphatic heterocycles. The number of amides is 3. The van der Waals surface area contributed by atoms with Gasteiger partial charge < -0.3 is 38.0 Å². The molecular weight excluding hydrogens is 905 g/mol. The number of halogens is 2. The fraction of sp³-hybridized carbons (Fsp3) is 0.411. The van der Waals surface area contributed by atoms with Crippen molar-refractivity contribution < 1.29 is 37.4 Å². The molecule has 372 valence electrons. The third-order valence-corrected chi connectivity index (χ3v) is 14.3. The van der Waals surface area contributed by atoms with E-state index in [2.05, 4.69) is 23.0 Å². The molecule has 71 heavy (non-hydrogen) atoms. The second-order valence-corrected chi connectivity index (χ2v) is 20.0. The number of ether oxygens (including phenoxy) is 3. The topological polar surface area (TPSA) is 124 Å². The number of rotatable bonds is 8. The summed E-state index contributed by atoms with van der Waals surface area (Å²) in [5, 5.41) is 0. The first-order valence-corrected chi connectivity index (χ1v) is 24.8. The lowest BCUT2D eigenvalue weighted by Crippen LogP contribution is -2.61. The first-order chi connectivity index (χ1) is 34.2. The molecule has 6 aromatic rings. The van der Waals surface area contributed by atoms with Crippen LogP contribution < -0.4 is 0 Å². The number of hydrogen-bond acceptors (Lipinski definition) is 8. The molecule has 3 amide bonds. The van der Waals surface area contributed by atoms with Gasteiger partial charge in [0, 0.05) is 39.3 Å². The van der Waals surface area contributed by atoms with Crippen molar-refractivity contribution in [1.82, 2.24) is 33.8 Å². The molecule has 10 rings (SSSR count). The van der Waals surface area contributed by atoms with E-state index in [-0.39, 0.29) is 59.9 Å². The Balaban J connectivity index is 0.000000179. The third-order valence-electron chi connectivity index (χ3n) is 14.3. The fourth-order valence-electron chi connectivity index (χ4n) is 10.6. The maximum atomic E-state index is 13.8. The van der Waals surface area contributed by atoms with Gasteiger partial charge in [0.2, 0.25) is 0 Å². The number of likely N-dealkylation sites (tertiary alicyclic amines) is 2. The zero-order chi connectivity index (χ0) is 49.8. The number of imidazole rings is 2. The first kappa shape index (κ1) is 49.3. The van der Waals surface area contributed by atoms with Crippen LogP contribution in [0.1, 0.15) is 104 Å². The zero-order valence-corrected chi connectivity index (χ0v) is 41.1. The third kappa shape index (κ3) is 11.0. The second-order valence-electron chi connectivity index (χ2n) is 20.0. The highest BCUT2D eigenvalue weighted by Gasteiger charge is 2.42. The predicted octanol–water partition coefficient (Wildman–Crippen LogP) is 10.1. The molecular formula is C56H63F2N7O6. The summed E-state index contributed by atoms with van der Waals surface area (Å²) in [4.78, 5) is 54.1. The molecule has 4 aliphatic rings. The molecule has 4 saturated heterocycles. The normalized spacial score (nSPS) is 21.0. The van der Waals surface area contributed by atoms with Gasteiger partial charge in [0.1, 0.15) is 28.6 Å². The van der Waals surface area contributed by atoms with E-state index < -0.39 is 5.60 Å². The van der Waals surface area contributed by atoms with Gasteiger partial charge >= 0.3 is 6.09 Å². The van der Waals surface area contributed by atoms with E-state index in [4.69, 9.17) is 14.2 Å². The van der Waals surface area contributed by atoms with Crippen LogP contribution in [0.3, 0.4) is 0 Å². The molecule has 0 saturated carbocycles. The Morgan fingerprint density at radius 3 is 1.66 bits per heavy atom. The van der Waals surface area contributed by atoms with Gasteiger partial charge in [0.25, 0.3) is 11.8 Å². The summed E-state index contributed by atoms with van der Waals surface area (Å²) in [5.41, 5.74) is 6.37. The van der Waals surface area contributed by atoms with Crippen molar-refractivity contribution in [2.75, 3.05) is 45.9 Å². The van der Waals surface area contributed by atoms with Crippen molar-refractivity contribution in [2.24, 2.45) is 5.92 Å². The van der Waals surface area contributed by atoms with E-state index in [9.17, 15) is 23.2 Å². The smallest absolute Gasteiger partial charge is 0.410 e. The van der Waals surface area contributed by atoms with Gasteiger partial charge in [-0.3, -0.25) is 9.59 Å². The van der Waals surface area contributed by atoms with Crippen LogP contribution in [0.2, 0.25) is 0 Å². The Hall–Kier alpha value is -6.71. The largest absolute Gasteiger partial charge is 0.444 e. The van der Waals surface area contributed by atoms with Crippen molar-refractivity contribution >= 4 is 17.9 Å². The minimum absolute atomic E-state index is 0.00115. The van der Waals surface area contributed by atoms with Crippen molar-refractivity contribution in [3.63, 3.8) is 0 Å². The maximum Gasteiger partial charge on any atom is 0.410 e. The standard InChI is InChI=1S/C30H35FN4O4.C26H28FN3O2/c1-20(23-7-5-6-8-24(23)21-9-11-22(31)12-10-21)35-19-32-17-26(35)28(36)33-14-13-25-27(18-33)38-16-15-34(25)29(37)39-30(2,3)4;1-18(22-6-2-3-7-23(22)19-8-10-21(27)11-9-19)30-17-28-15-24(30)26(31)29-13-12-20-5-4-14-32-25(20)16-29/h5-12,17,19-20,25,27H,13-16,18H2,1-4H3;2-3,6-11,15,17-18,20,25H,4-5,12-14,16H2,1H3/t20-,25+,27+;18-,20+,25+/m00/s1. The van der Waals surface area contributed by atoms with Crippen LogP contribution >= 0.6 is 0 Å². The van der Waals surface area contributed by atoms with E-state index in [0.717, 1.165) is 59.4 Å². The van der Waals surface area contributed by atoms with E-state index in [1.54, 1.807) is 59.1 Å². The van der Waals surface area contributed by atoms with Gasteiger partial charge in [-0.25, -0.2) is 23.5 Å². The molecule has 15 heteroatoms. The summed E-state index contributed by atoms with van der Waals surface area (Å²) in [7, 11) is 0. The molecule has 0 spiro atoms. The Bertz CT molecular complexity index is 2810. The number of fused-ring (bicyclic) bond motifs is 2.